The molecule has 0 aromatic carbocycles. The number of hydrogen-bond acceptors (Lipinski definition) is 8. The molecule has 0 aliphatic carbocycles. The van der Waals surface area contributed by atoms with Gasteiger partial charge in [0.25, 0.3) is 0 Å². The van der Waals surface area contributed by atoms with Crippen LogP contribution < -0.4 is 11.5 Å². The zero-order valence-corrected chi connectivity index (χ0v) is 8.39. The third-order valence-electron chi connectivity index (χ3n) is 2.91. The lowest BCUT2D eigenvalue weighted by atomic mass is 10.1. The van der Waals surface area contributed by atoms with Crippen LogP contribution in [0.3, 0.4) is 0 Å². The van der Waals surface area contributed by atoms with Crippen molar-refractivity contribution in [2.45, 2.75) is 43.5 Å². The molecule has 5 N–H and O–H groups in total. The predicted molar refractivity (Wildman–Crippen MR) is 47.4 cm³/mol. The molecule has 0 bridgehead atoms. The molecule has 16 heavy (non-hydrogen) atoms. The summed E-state index contributed by atoms with van der Waals surface area (Å²) in [5.41, 5.74) is 11.0. The Labute approximate surface area is 91.3 Å². The maximum atomic E-state index is 9.15. The van der Waals surface area contributed by atoms with Crippen LogP contribution in [0.15, 0.2) is 0 Å². The van der Waals surface area contributed by atoms with E-state index in [1.165, 1.54) is 0 Å². The Kier molecular flexibility index (Phi) is 2.61. The number of fused-ring (bicyclic) bond motifs is 3. The van der Waals surface area contributed by atoms with Gasteiger partial charge in [-0.25, -0.2) is 0 Å². The zero-order chi connectivity index (χ0) is 11.3. The molecule has 3 aliphatic rings. The third kappa shape index (κ3) is 1.55. The summed E-state index contributed by atoms with van der Waals surface area (Å²) < 4.78 is 26.6. The van der Waals surface area contributed by atoms with Gasteiger partial charge < -0.3 is 28.8 Å². The van der Waals surface area contributed by atoms with Gasteiger partial charge in [0.1, 0.15) is 24.4 Å². The molecule has 7 atom stereocenters. The fourth-order valence-electron chi connectivity index (χ4n) is 2.26. The van der Waals surface area contributed by atoms with Crippen LogP contribution >= 0.6 is 0 Å². The smallest absolute Gasteiger partial charge is 0.216 e. The van der Waals surface area contributed by atoms with Crippen LogP contribution in [0, 0.1) is 0 Å². The molecular weight excluding hydrogens is 220 g/mol. The molecule has 3 heterocycles. The Hall–Kier alpha value is -0.320. The van der Waals surface area contributed by atoms with Crippen LogP contribution in [0.4, 0.5) is 0 Å². The number of nitrogens with two attached hydrogens (primary N) is 2. The Morgan fingerprint density at radius 2 is 1.50 bits per heavy atom. The molecule has 3 fully saturated rings. The van der Waals surface area contributed by atoms with E-state index in [0.717, 1.165) is 0 Å². The standard InChI is InChI=1S/C8H14N2O6/c9-7-12-2(1-11)3-4(14-7)5-6(13-3)16-8(10)15-5/h2-8,11H,1,9-10H2. The Morgan fingerprint density at radius 1 is 0.812 bits per heavy atom. The Morgan fingerprint density at radius 3 is 2.25 bits per heavy atom. The molecule has 7 unspecified atom stereocenters. The van der Waals surface area contributed by atoms with E-state index in [4.69, 9.17) is 40.3 Å². The van der Waals surface area contributed by atoms with E-state index in [-0.39, 0.29) is 6.61 Å². The van der Waals surface area contributed by atoms with Crippen molar-refractivity contribution in [1.82, 2.24) is 0 Å². The van der Waals surface area contributed by atoms with Crippen molar-refractivity contribution in [2.75, 3.05) is 6.61 Å². The largest absolute Gasteiger partial charge is 0.394 e. The highest BCUT2D eigenvalue weighted by Crippen LogP contribution is 2.37. The summed E-state index contributed by atoms with van der Waals surface area (Å²) >= 11 is 0. The van der Waals surface area contributed by atoms with E-state index in [1.807, 2.05) is 0 Å². The van der Waals surface area contributed by atoms with E-state index in [2.05, 4.69) is 0 Å². The van der Waals surface area contributed by atoms with Crippen LogP contribution in [0.5, 0.6) is 0 Å². The van der Waals surface area contributed by atoms with Crippen molar-refractivity contribution in [3.63, 3.8) is 0 Å². The van der Waals surface area contributed by atoms with E-state index >= 15 is 0 Å². The molecule has 3 saturated heterocycles. The molecule has 0 spiro atoms. The lowest BCUT2D eigenvalue weighted by molar-refractivity contribution is -0.298. The van der Waals surface area contributed by atoms with Gasteiger partial charge >= 0.3 is 0 Å². The van der Waals surface area contributed by atoms with Crippen molar-refractivity contribution < 1.29 is 28.8 Å². The SMILES string of the molecule is NC1OC2OC3C(CO)OC(N)OC3C2O1. The summed E-state index contributed by atoms with van der Waals surface area (Å²) in [6.45, 7) is -0.205. The van der Waals surface area contributed by atoms with E-state index in [1.54, 1.807) is 0 Å². The van der Waals surface area contributed by atoms with Gasteiger partial charge in [0, 0.05) is 0 Å². The zero-order valence-electron chi connectivity index (χ0n) is 8.39. The third-order valence-corrected chi connectivity index (χ3v) is 2.91. The normalized spacial score (nSPS) is 56.1. The molecule has 0 amide bonds. The van der Waals surface area contributed by atoms with Gasteiger partial charge in [-0.05, 0) is 0 Å². The monoisotopic (exact) mass is 234 g/mol. The van der Waals surface area contributed by atoms with E-state index in [9.17, 15) is 0 Å². The molecular formula is C8H14N2O6. The summed E-state index contributed by atoms with van der Waals surface area (Å²) in [6.07, 6.45) is -4.15. The first-order chi connectivity index (χ1) is 7.69. The van der Waals surface area contributed by atoms with Crippen LogP contribution in [0.1, 0.15) is 0 Å². The first kappa shape index (κ1) is 10.8. The molecule has 3 aliphatic heterocycles. The first-order valence-electron chi connectivity index (χ1n) is 5.08. The van der Waals surface area contributed by atoms with Crippen molar-refractivity contribution in [3.8, 4) is 0 Å². The minimum Gasteiger partial charge on any atom is -0.394 e. The van der Waals surface area contributed by atoms with Gasteiger partial charge in [-0.2, -0.15) is 0 Å². The molecule has 0 radical (unpaired) electrons. The minimum atomic E-state index is -0.902. The maximum absolute atomic E-state index is 9.15. The van der Waals surface area contributed by atoms with Crippen molar-refractivity contribution in [1.29, 1.82) is 0 Å². The number of aliphatic hydroxyl groups excluding tert-OH is 1. The fourth-order valence-corrected chi connectivity index (χ4v) is 2.26. The summed E-state index contributed by atoms with van der Waals surface area (Å²) in [5.74, 6) is 0. The topological polar surface area (TPSA) is 118 Å². The highest BCUT2D eigenvalue weighted by atomic mass is 16.9. The highest BCUT2D eigenvalue weighted by Gasteiger charge is 2.57. The highest BCUT2D eigenvalue weighted by molar-refractivity contribution is 4.97. The molecule has 8 nitrogen and oxygen atoms in total. The first-order valence-corrected chi connectivity index (χ1v) is 5.08. The van der Waals surface area contributed by atoms with Gasteiger partial charge in [-0.1, -0.05) is 0 Å². The van der Waals surface area contributed by atoms with Crippen LogP contribution in [0.25, 0.3) is 0 Å². The average Bonchev–Trinajstić information content (AvgIpc) is 2.74. The van der Waals surface area contributed by atoms with Crippen molar-refractivity contribution in [3.05, 3.63) is 0 Å². The number of rotatable bonds is 1. The summed E-state index contributed by atoms with van der Waals surface area (Å²) in [6, 6.07) is 0. The number of aliphatic hydroxyl groups is 1. The van der Waals surface area contributed by atoms with Crippen molar-refractivity contribution in [2.24, 2.45) is 11.5 Å². The van der Waals surface area contributed by atoms with Gasteiger partial charge in [-0.15, -0.1) is 0 Å². The Balaban J connectivity index is 1.78. The second-order valence-electron chi connectivity index (χ2n) is 3.90. The molecule has 0 aromatic rings. The van der Waals surface area contributed by atoms with Crippen molar-refractivity contribution >= 4 is 0 Å². The molecule has 0 saturated carbocycles. The van der Waals surface area contributed by atoms with Gasteiger partial charge in [0.15, 0.2) is 6.29 Å². The predicted octanol–water partition coefficient (Wildman–Crippen LogP) is -2.61. The molecule has 3 rings (SSSR count). The fraction of sp³-hybridized carbons (Fsp3) is 1.00. The lowest BCUT2D eigenvalue weighted by Gasteiger charge is -2.36. The van der Waals surface area contributed by atoms with Crippen LogP contribution in [-0.4, -0.2) is 55.2 Å². The number of hydrogen-bond donors (Lipinski definition) is 3. The number of ether oxygens (including phenoxy) is 5. The minimum absolute atomic E-state index is 0.205. The molecule has 8 heteroatoms. The van der Waals surface area contributed by atoms with Crippen LogP contribution in [-0.2, 0) is 23.7 Å². The van der Waals surface area contributed by atoms with Crippen LogP contribution in [0.2, 0.25) is 0 Å². The van der Waals surface area contributed by atoms with E-state index < -0.39 is 43.5 Å². The molecule has 0 aromatic heterocycles. The molecule has 92 valence electrons. The van der Waals surface area contributed by atoms with E-state index in [0.29, 0.717) is 0 Å². The second-order valence-corrected chi connectivity index (χ2v) is 3.90. The lowest BCUT2D eigenvalue weighted by Crippen LogP contribution is -2.55. The Bertz CT molecular complexity index is 279. The van der Waals surface area contributed by atoms with Gasteiger partial charge in [-0.3, -0.25) is 11.5 Å². The second kappa shape index (κ2) is 3.86. The summed E-state index contributed by atoms with van der Waals surface area (Å²) in [4.78, 5) is 0. The summed E-state index contributed by atoms with van der Waals surface area (Å²) in [5, 5.41) is 9.15. The van der Waals surface area contributed by atoms with Gasteiger partial charge in [0.2, 0.25) is 12.8 Å². The van der Waals surface area contributed by atoms with Gasteiger partial charge in [0.05, 0.1) is 6.61 Å². The average molecular weight is 234 g/mol. The summed E-state index contributed by atoms with van der Waals surface area (Å²) in [7, 11) is 0. The maximum Gasteiger partial charge on any atom is 0.216 e. The quantitative estimate of drug-likeness (QED) is 0.451.